The highest BCUT2D eigenvalue weighted by Gasteiger charge is 2.32. The molecule has 0 spiro atoms. The van der Waals surface area contributed by atoms with Gasteiger partial charge in [0.05, 0.1) is 18.6 Å². The van der Waals surface area contributed by atoms with Crippen molar-refractivity contribution in [3.8, 4) is 0 Å². The monoisotopic (exact) mass is 314 g/mol. The Labute approximate surface area is 130 Å². The van der Waals surface area contributed by atoms with Crippen molar-refractivity contribution in [1.29, 1.82) is 0 Å². The lowest BCUT2D eigenvalue weighted by molar-refractivity contribution is -0.140. The molecule has 0 bridgehead atoms. The summed E-state index contributed by atoms with van der Waals surface area (Å²) in [6.07, 6.45) is 3.56. The molecule has 22 heavy (non-hydrogen) atoms. The van der Waals surface area contributed by atoms with Gasteiger partial charge in [0.25, 0.3) is 0 Å². The first-order valence-corrected chi connectivity index (χ1v) is 7.60. The fourth-order valence-electron chi connectivity index (χ4n) is 2.77. The highest BCUT2D eigenvalue weighted by Crippen LogP contribution is 2.24. The number of carbonyl (C=O) groups excluding carboxylic acids is 2. The van der Waals surface area contributed by atoms with E-state index in [-0.39, 0.29) is 24.9 Å². The van der Waals surface area contributed by atoms with E-state index < -0.39 is 23.5 Å². The number of aliphatic carboxylic acids is 1. The van der Waals surface area contributed by atoms with Crippen molar-refractivity contribution in [2.45, 2.75) is 57.5 Å². The van der Waals surface area contributed by atoms with E-state index in [0.717, 1.165) is 25.7 Å². The summed E-state index contributed by atoms with van der Waals surface area (Å²) in [7, 11) is 1.44. The predicted molar refractivity (Wildman–Crippen MR) is 80.2 cm³/mol. The lowest BCUT2D eigenvalue weighted by atomic mass is 9.98. The van der Waals surface area contributed by atoms with Crippen LogP contribution in [0.15, 0.2) is 0 Å². The molecule has 0 aliphatic heterocycles. The van der Waals surface area contributed by atoms with Crippen molar-refractivity contribution in [2.75, 3.05) is 13.7 Å². The van der Waals surface area contributed by atoms with Crippen LogP contribution in [0.1, 0.15) is 46.0 Å². The van der Waals surface area contributed by atoms with Crippen molar-refractivity contribution in [1.82, 2.24) is 10.6 Å². The zero-order valence-corrected chi connectivity index (χ0v) is 13.5. The molecule has 2 unspecified atom stereocenters. The Morgan fingerprint density at radius 3 is 2.41 bits per heavy atom. The lowest BCUT2D eigenvalue weighted by Crippen LogP contribution is -2.56. The Hall–Kier alpha value is -1.63. The molecule has 1 rings (SSSR count). The van der Waals surface area contributed by atoms with Gasteiger partial charge in [-0.2, -0.15) is 0 Å². The summed E-state index contributed by atoms with van der Waals surface area (Å²) in [5.74, 6) is -1.55. The van der Waals surface area contributed by atoms with Gasteiger partial charge in [-0.1, -0.05) is 12.8 Å². The quantitative estimate of drug-likeness (QED) is 0.611. The molecule has 1 aliphatic carbocycles. The fourth-order valence-corrected chi connectivity index (χ4v) is 2.77. The minimum absolute atomic E-state index is 0.0142. The first-order valence-electron chi connectivity index (χ1n) is 7.60. The highest BCUT2D eigenvalue weighted by molar-refractivity contribution is 5.89. The van der Waals surface area contributed by atoms with Gasteiger partial charge in [-0.05, 0) is 26.7 Å². The highest BCUT2D eigenvalue weighted by atomic mass is 16.5. The number of nitrogens with one attached hydrogen (secondary N) is 2. The second-order valence-electron chi connectivity index (χ2n) is 6.27. The number of amides is 2. The van der Waals surface area contributed by atoms with E-state index in [0.29, 0.717) is 0 Å². The predicted octanol–water partition coefficient (Wildman–Crippen LogP) is 0.677. The summed E-state index contributed by atoms with van der Waals surface area (Å²) in [5, 5.41) is 14.3. The molecule has 7 heteroatoms. The normalized spacial score (nSPS) is 19.2. The molecule has 7 nitrogen and oxygen atoms in total. The molecule has 0 heterocycles. The number of hydrogen-bond donors (Lipinski definition) is 3. The van der Waals surface area contributed by atoms with Gasteiger partial charge in [0.2, 0.25) is 11.8 Å². The van der Waals surface area contributed by atoms with E-state index in [4.69, 9.17) is 9.84 Å². The van der Waals surface area contributed by atoms with Crippen LogP contribution in [0.2, 0.25) is 0 Å². The van der Waals surface area contributed by atoms with Gasteiger partial charge < -0.3 is 20.5 Å². The summed E-state index contributed by atoms with van der Waals surface area (Å²) < 4.78 is 4.99. The smallest absolute Gasteiger partial charge is 0.305 e. The van der Waals surface area contributed by atoms with Gasteiger partial charge >= 0.3 is 5.97 Å². The number of ether oxygens (including phenoxy) is 1. The summed E-state index contributed by atoms with van der Waals surface area (Å²) in [6.45, 7) is 3.28. The molecule has 2 atom stereocenters. The summed E-state index contributed by atoms with van der Waals surface area (Å²) >= 11 is 0. The lowest BCUT2D eigenvalue weighted by Gasteiger charge is -2.30. The molecule has 1 saturated carbocycles. The average Bonchev–Trinajstić information content (AvgIpc) is 2.91. The number of carboxylic acids is 1. The molecular weight excluding hydrogens is 288 g/mol. The summed E-state index contributed by atoms with van der Waals surface area (Å²) in [5.41, 5.74) is -1.01. The van der Waals surface area contributed by atoms with Gasteiger partial charge in [0.15, 0.2) is 0 Å². The van der Waals surface area contributed by atoms with E-state index in [9.17, 15) is 14.4 Å². The van der Waals surface area contributed by atoms with E-state index in [2.05, 4.69) is 10.6 Å². The van der Waals surface area contributed by atoms with Crippen molar-refractivity contribution < 1.29 is 24.2 Å². The van der Waals surface area contributed by atoms with E-state index in [1.54, 1.807) is 13.8 Å². The topological polar surface area (TPSA) is 105 Å². The second-order valence-corrected chi connectivity index (χ2v) is 6.27. The Kier molecular flexibility index (Phi) is 6.80. The van der Waals surface area contributed by atoms with Gasteiger partial charge in [-0.3, -0.25) is 14.4 Å². The molecule has 126 valence electrons. The summed E-state index contributed by atoms with van der Waals surface area (Å²) in [4.78, 5) is 35.1. The Balaban J connectivity index is 2.56. The first kappa shape index (κ1) is 18.4. The van der Waals surface area contributed by atoms with Crippen molar-refractivity contribution in [3.63, 3.8) is 0 Å². The van der Waals surface area contributed by atoms with Gasteiger partial charge in [0, 0.05) is 13.0 Å². The summed E-state index contributed by atoms with van der Waals surface area (Å²) in [6, 6.07) is -0.710. The van der Waals surface area contributed by atoms with Crippen molar-refractivity contribution in [2.24, 2.45) is 5.92 Å². The van der Waals surface area contributed by atoms with Crippen LogP contribution in [0.5, 0.6) is 0 Å². The number of methoxy groups -OCH3 is 1. The van der Waals surface area contributed by atoms with Crippen molar-refractivity contribution in [3.05, 3.63) is 0 Å². The standard InChI is InChI=1S/C15H26N2O5/c1-10(16-14(21)11-6-4-5-7-11)13(20)17-15(2,9-22-3)8-12(18)19/h10-11H,4-9H2,1-3H3,(H,16,21)(H,17,20)(H,18,19). The van der Waals surface area contributed by atoms with Crippen LogP contribution < -0.4 is 10.6 Å². The third-order valence-corrected chi connectivity index (χ3v) is 3.91. The van der Waals surface area contributed by atoms with Crippen LogP contribution in [0.4, 0.5) is 0 Å². The first-order chi connectivity index (χ1) is 10.3. The fraction of sp³-hybridized carbons (Fsp3) is 0.800. The zero-order chi connectivity index (χ0) is 16.8. The number of hydrogen-bond acceptors (Lipinski definition) is 4. The molecule has 0 aromatic carbocycles. The van der Waals surface area contributed by atoms with Crippen LogP contribution >= 0.6 is 0 Å². The van der Waals surface area contributed by atoms with Gasteiger partial charge in [-0.15, -0.1) is 0 Å². The Bertz CT molecular complexity index is 420. The molecule has 1 fully saturated rings. The van der Waals surface area contributed by atoms with E-state index >= 15 is 0 Å². The molecule has 3 N–H and O–H groups in total. The van der Waals surface area contributed by atoms with E-state index in [1.807, 2.05) is 0 Å². The molecule has 0 saturated heterocycles. The molecular formula is C15H26N2O5. The van der Waals surface area contributed by atoms with Crippen LogP contribution in [-0.2, 0) is 19.1 Å². The van der Waals surface area contributed by atoms with Crippen LogP contribution in [0, 0.1) is 5.92 Å². The zero-order valence-electron chi connectivity index (χ0n) is 13.5. The molecule has 0 aromatic heterocycles. The van der Waals surface area contributed by atoms with Crippen LogP contribution in [0.25, 0.3) is 0 Å². The molecule has 1 aliphatic rings. The SMILES string of the molecule is COCC(C)(CC(=O)O)NC(=O)C(C)NC(=O)C1CCCC1. The molecule has 2 amide bonds. The number of rotatable bonds is 8. The van der Waals surface area contributed by atoms with Crippen molar-refractivity contribution >= 4 is 17.8 Å². The van der Waals surface area contributed by atoms with Gasteiger partial charge in [-0.25, -0.2) is 0 Å². The van der Waals surface area contributed by atoms with Gasteiger partial charge in [0.1, 0.15) is 6.04 Å². The third kappa shape index (κ3) is 5.63. The maximum Gasteiger partial charge on any atom is 0.305 e. The maximum atomic E-state index is 12.2. The number of carbonyl (C=O) groups is 3. The largest absolute Gasteiger partial charge is 0.481 e. The molecule has 0 aromatic rings. The van der Waals surface area contributed by atoms with E-state index in [1.165, 1.54) is 7.11 Å². The second kappa shape index (κ2) is 8.12. The van der Waals surface area contributed by atoms with Crippen LogP contribution in [0.3, 0.4) is 0 Å². The average molecular weight is 314 g/mol. The third-order valence-electron chi connectivity index (χ3n) is 3.91. The van der Waals surface area contributed by atoms with Crippen LogP contribution in [-0.4, -0.2) is 48.2 Å². The Morgan fingerprint density at radius 1 is 1.32 bits per heavy atom. The minimum atomic E-state index is -1.03. The minimum Gasteiger partial charge on any atom is -0.481 e. The molecule has 0 radical (unpaired) electrons. The Morgan fingerprint density at radius 2 is 1.91 bits per heavy atom. The maximum absolute atomic E-state index is 12.2. The number of carboxylic acid groups (broad SMARTS) is 1.